The second-order valence-corrected chi connectivity index (χ2v) is 7.99. The van der Waals surface area contributed by atoms with Gasteiger partial charge < -0.3 is 5.32 Å². The summed E-state index contributed by atoms with van der Waals surface area (Å²) in [7, 11) is 0. The summed E-state index contributed by atoms with van der Waals surface area (Å²) in [5, 5.41) is 3.03. The molecule has 120 valence electrons. The summed E-state index contributed by atoms with van der Waals surface area (Å²) in [6.07, 6.45) is 0. The van der Waals surface area contributed by atoms with Crippen LogP contribution in [-0.2, 0) is 12.3 Å². The number of benzene rings is 2. The molecule has 0 saturated heterocycles. The molecule has 0 atom stereocenters. The van der Waals surface area contributed by atoms with Crippen LogP contribution in [0.2, 0.25) is 0 Å². The molecule has 0 unspecified atom stereocenters. The predicted molar refractivity (Wildman–Crippen MR) is 102 cm³/mol. The van der Waals surface area contributed by atoms with Crippen LogP contribution in [0, 0.1) is 6.92 Å². The summed E-state index contributed by atoms with van der Waals surface area (Å²) >= 11 is 3.44. The Bertz CT molecular complexity index is 896. The first-order valence-corrected chi connectivity index (χ1v) is 9.69. The van der Waals surface area contributed by atoms with E-state index in [2.05, 4.69) is 60.8 Å². The van der Waals surface area contributed by atoms with Crippen molar-refractivity contribution in [2.75, 3.05) is 0 Å². The van der Waals surface area contributed by atoms with E-state index >= 15 is 0 Å². The number of carbonyl (C=O) groups excluding carboxylic acids is 1. The van der Waals surface area contributed by atoms with E-state index in [-0.39, 0.29) is 5.91 Å². The lowest BCUT2D eigenvalue weighted by Crippen LogP contribution is -2.21. The second-order valence-electron chi connectivity index (χ2n) is 5.92. The summed E-state index contributed by atoms with van der Waals surface area (Å²) in [5.74, 6) is 0.950. The fourth-order valence-corrected chi connectivity index (χ4v) is 5.12. The standard InChI is InChI=1S/C20H17NOS2/c1-13-6-8-14(9-7-13)11-21-20(22)18-10-15-12-23-17-5-3-2-4-16(17)19(15)24-18/h2-10H,11-12H2,1H3,(H,21,22). The number of thioether (sulfide) groups is 1. The molecule has 0 bridgehead atoms. The minimum atomic E-state index is 0.0115. The Morgan fingerprint density at radius 2 is 1.92 bits per heavy atom. The normalized spacial score (nSPS) is 12.4. The Kier molecular flexibility index (Phi) is 4.17. The molecule has 0 saturated carbocycles. The van der Waals surface area contributed by atoms with Crippen molar-refractivity contribution in [3.05, 3.63) is 76.2 Å². The van der Waals surface area contributed by atoms with E-state index in [1.54, 1.807) is 11.3 Å². The molecule has 1 aliphatic heterocycles. The lowest BCUT2D eigenvalue weighted by molar-refractivity contribution is 0.0955. The van der Waals surface area contributed by atoms with Gasteiger partial charge in [0, 0.05) is 27.6 Å². The molecule has 0 fully saturated rings. The number of thiophene rings is 1. The van der Waals surface area contributed by atoms with E-state index in [4.69, 9.17) is 0 Å². The monoisotopic (exact) mass is 351 g/mol. The minimum absolute atomic E-state index is 0.0115. The fraction of sp³-hybridized carbons (Fsp3) is 0.150. The average Bonchev–Trinajstić information content (AvgIpc) is 3.06. The Hall–Kier alpha value is -2.04. The highest BCUT2D eigenvalue weighted by molar-refractivity contribution is 7.98. The summed E-state index contributed by atoms with van der Waals surface area (Å²) in [6.45, 7) is 2.63. The van der Waals surface area contributed by atoms with Crippen LogP contribution in [-0.4, -0.2) is 5.91 Å². The quantitative estimate of drug-likeness (QED) is 0.697. The highest BCUT2D eigenvalue weighted by Crippen LogP contribution is 2.45. The third-order valence-corrected chi connectivity index (χ3v) is 6.45. The lowest BCUT2D eigenvalue weighted by atomic mass is 10.1. The summed E-state index contributed by atoms with van der Waals surface area (Å²) in [4.78, 5) is 15.8. The van der Waals surface area contributed by atoms with Crippen molar-refractivity contribution in [2.45, 2.75) is 24.1 Å². The Morgan fingerprint density at radius 3 is 2.75 bits per heavy atom. The van der Waals surface area contributed by atoms with Gasteiger partial charge in [0.25, 0.3) is 5.91 Å². The van der Waals surface area contributed by atoms with E-state index < -0.39 is 0 Å². The number of amides is 1. The number of hydrogen-bond donors (Lipinski definition) is 1. The van der Waals surface area contributed by atoms with Crippen molar-refractivity contribution < 1.29 is 4.79 Å². The number of carbonyl (C=O) groups is 1. The summed E-state index contributed by atoms with van der Waals surface area (Å²) < 4.78 is 0. The van der Waals surface area contributed by atoms with Crippen LogP contribution in [0.3, 0.4) is 0 Å². The minimum Gasteiger partial charge on any atom is -0.347 e. The van der Waals surface area contributed by atoms with Crippen LogP contribution in [0.4, 0.5) is 0 Å². The molecule has 4 rings (SSSR count). The molecular formula is C20H17NOS2. The molecule has 24 heavy (non-hydrogen) atoms. The van der Waals surface area contributed by atoms with Gasteiger partial charge >= 0.3 is 0 Å². The Labute approximate surface area is 149 Å². The third-order valence-electron chi connectivity index (χ3n) is 4.12. The number of rotatable bonds is 3. The maximum Gasteiger partial charge on any atom is 0.261 e. The van der Waals surface area contributed by atoms with Crippen molar-refractivity contribution in [1.29, 1.82) is 0 Å². The Morgan fingerprint density at radius 1 is 1.12 bits per heavy atom. The van der Waals surface area contributed by atoms with Crippen LogP contribution in [0.5, 0.6) is 0 Å². The fourth-order valence-electron chi connectivity index (χ4n) is 2.79. The van der Waals surface area contributed by atoms with E-state index in [1.807, 2.05) is 17.8 Å². The number of aryl methyl sites for hydroxylation is 1. The van der Waals surface area contributed by atoms with Crippen LogP contribution in [0.25, 0.3) is 10.4 Å². The van der Waals surface area contributed by atoms with Crippen LogP contribution in [0.1, 0.15) is 26.4 Å². The van der Waals surface area contributed by atoms with Gasteiger partial charge in [0.1, 0.15) is 0 Å². The zero-order valence-corrected chi connectivity index (χ0v) is 15.0. The largest absolute Gasteiger partial charge is 0.347 e. The van der Waals surface area contributed by atoms with Crippen molar-refractivity contribution >= 4 is 29.0 Å². The molecule has 0 aliphatic carbocycles. The van der Waals surface area contributed by atoms with Gasteiger partial charge in [-0.2, -0.15) is 0 Å². The van der Waals surface area contributed by atoms with Gasteiger partial charge in [0.05, 0.1) is 4.88 Å². The number of nitrogens with one attached hydrogen (secondary N) is 1. The first-order chi connectivity index (χ1) is 11.7. The van der Waals surface area contributed by atoms with Crippen LogP contribution >= 0.6 is 23.1 Å². The topological polar surface area (TPSA) is 29.1 Å². The molecule has 4 heteroatoms. The summed E-state index contributed by atoms with van der Waals surface area (Å²) in [5.41, 5.74) is 4.87. The van der Waals surface area contributed by atoms with Crippen LogP contribution < -0.4 is 5.32 Å². The number of hydrogen-bond acceptors (Lipinski definition) is 3. The third kappa shape index (κ3) is 2.99. The molecule has 1 aliphatic rings. The van der Waals surface area contributed by atoms with Gasteiger partial charge in [-0.05, 0) is 30.2 Å². The Balaban J connectivity index is 1.52. The zero-order chi connectivity index (χ0) is 16.5. The smallest absolute Gasteiger partial charge is 0.261 e. The second kappa shape index (κ2) is 6.46. The molecule has 3 aromatic rings. The first-order valence-electron chi connectivity index (χ1n) is 7.89. The van der Waals surface area contributed by atoms with E-state index in [9.17, 15) is 4.79 Å². The van der Waals surface area contributed by atoms with E-state index in [0.717, 1.165) is 16.2 Å². The molecule has 2 aromatic carbocycles. The SMILES string of the molecule is Cc1ccc(CNC(=O)c2cc3c(s2)-c2ccccc2SC3)cc1. The summed E-state index contributed by atoms with van der Waals surface area (Å²) in [6, 6.07) is 18.7. The van der Waals surface area contributed by atoms with E-state index in [1.165, 1.54) is 26.5 Å². The zero-order valence-electron chi connectivity index (χ0n) is 13.3. The maximum atomic E-state index is 12.5. The molecule has 1 amide bonds. The molecular weight excluding hydrogens is 334 g/mol. The highest BCUT2D eigenvalue weighted by atomic mass is 32.2. The molecule has 1 aromatic heterocycles. The predicted octanol–water partition coefficient (Wildman–Crippen LogP) is 5.26. The van der Waals surface area contributed by atoms with Crippen molar-refractivity contribution in [1.82, 2.24) is 5.32 Å². The van der Waals surface area contributed by atoms with Crippen molar-refractivity contribution in [3.8, 4) is 10.4 Å². The van der Waals surface area contributed by atoms with Crippen molar-refractivity contribution in [2.24, 2.45) is 0 Å². The molecule has 1 N–H and O–H groups in total. The first kappa shape index (κ1) is 15.5. The highest BCUT2D eigenvalue weighted by Gasteiger charge is 2.21. The van der Waals surface area contributed by atoms with Gasteiger partial charge in [-0.15, -0.1) is 23.1 Å². The van der Waals surface area contributed by atoms with Gasteiger partial charge in [-0.1, -0.05) is 48.0 Å². The molecule has 2 nitrogen and oxygen atoms in total. The average molecular weight is 351 g/mol. The lowest BCUT2D eigenvalue weighted by Gasteiger charge is -2.14. The van der Waals surface area contributed by atoms with Crippen LogP contribution in [0.15, 0.2) is 59.5 Å². The van der Waals surface area contributed by atoms with Gasteiger partial charge in [0.2, 0.25) is 0 Å². The van der Waals surface area contributed by atoms with E-state index in [0.29, 0.717) is 6.54 Å². The molecule has 0 spiro atoms. The molecule has 0 radical (unpaired) electrons. The number of fused-ring (bicyclic) bond motifs is 3. The van der Waals surface area contributed by atoms with Gasteiger partial charge in [-0.25, -0.2) is 0 Å². The van der Waals surface area contributed by atoms with Gasteiger partial charge in [-0.3, -0.25) is 4.79 Å². The molecule has 2 heterocycles. The van der Waals surface area contributed by atoms with Crippen molar-refractivity contribution in [3.63, 3.8) is 0 Å². The van der Waals surface area contributed by atoms with Gasteiger partial charge in [0.15, 0.2) is 0 Å². The maximum absolute atomic E-state index is 12.5.